The van der Waals surface area contributed by atoms with E-state index in [0.717, 1.165) is 19.4 Å². The lowest BCUT2D eigenvalue weighted by Gasteiger charge is -2.04. The number of carboxylic acids is 1. The molecule has 0 aromatic heterocycles. The first-order chi connectivity index (χ1) is 9.27. The number of hydrogen-bond acceptors (Lipinski definition) is 2. The average molecular weight is 271 g/mol. The molecule has 0 aliphatic carbocycles. The maximum absolute atomic E-state index is 10.3. The maximum Gasteiger partial charge on any atom is 0.303 e. The van der Waals surface area contributed by atoms with Crippen molar-refractivity contribution in [3.8, 4) is 0 Å². The SMILES string of the molecule is CCCCCCCNCCCCCCCCC(=O)O. The van der Waals surface area contributed by atoms with Crippen molar-refractivity contribution < 1.29 is 9.90 Å². The Bertz CT molecular complexity index is 195. The molecule has 19 heavy (non-hydrogen) atoms. The van der Waals surface area contributed by atoms with Gasteiger partial charge in [0.1, 0.15) is 0 Å². The fourth-order valence-electron chi connectivity index (χ4n) is 2.21. The Kier molecular flexibility index (Phi) is 15.0. The lowest BCUT2D eigenvalue weighted by Crippen LogP contribution is -2.16. The molecule has 0 heterocycles. The minimum Gasteiger partial charge on any atom is -0.481 e. The molecule has 0 aliphatic heterocycles. The lowest BCUT2D eigenvalue weighted by molar-refractivity contribution is -0.137. The van der Waals surface area contributed by atoms with E-state index in [1.54, 1.807) is 0 Å². The van der Waals surface area contributed by atoms with Crippen molar-refractivity contribution in [1.29, 1.82) is 0 Å². The van der Waals surface area contributed by atoms with Crippen LogP contribution in [0.3, 0.4) is 0 Å². The van der Waals surface area contributed by atoms with Crippen molar-refractivity contribution in [1.82, 2.24) is 5.32 Å². The molecule has 0 unspecified atom stereocenters. The molecule has 0 radical (unpaired) electrons. The number of rotatable bonds is 15. The second-order valence-corrected chi connectivity index (χ2v) is 5.43. The number of carbonyl (C=O) groups is 1. The van der Waals surface area contributed by atoms with E-state index in [-0.39, 0.29) is 0 Å². The molecule has 0 saturated carbocycles. The van der Waals surface area contributed by atoms with Crippen LogP contribution in [-0.4, -0.2) is 24.2 Å². The highest BCUT2D eigenvalue weighted by Gasteiger charge is 1.96. The molecule has 2 N–H and O–H groups in total. The Morgan fingerprint density at radius 2 is 1.26 bits per heavy atom. The van der Waals surface area contributed by atoms with Gasteiger partial charge in [-0.2, -0.15) is 0 Å². The number of carboxylic acid groups (broad SMARTS) is 1. The first-order valence-electron chi connectivity index (χ1n) is 8.20. The third-order valence-electron chi connectivity index (χ3n) is 3.45. The largest absolute Gasteiger partial charge is 0.481 e. The third kappa shape index (κ3) is 17.4. The molecule has 0 spiro atoms. The van der Waals surface area contributed by atoms with Crippen LogP contribution < -0.4 is 5.32 Å². The van der Waals surface area contributed by atoms with Crippen molar-refractivity contribution in [2.45, 2.75) is 84.0 Å². The molecule has 0 aromatic rings. The standard InChI is InChI=1S/C16H33NO2/c1-2-3-4-8-11-14-17-15-12-9-6-5-7-10-13-16(18)19/h17H,2-15H2,1H3,(H,18,19). The van der Waals surface area contributed by atoms with Crippen LogP contribution in [0.2, 0.25) is 0 Å². The second kappa shape index (κ2) is 15.5. The zero-order valence-corrected chi connectivity index (χ0v) is 12.8. The molecule has 0 fully saturated rings. The molecule has 3 heteroatoms. The van der Waals surface area contributed by atoms with E-state index in [4.69, 9.17) is 5.11 Å². The molecule has 0 atom stereocenters. The second-order valence-electron chi connectivity index (χ2n) is 5.43. The van der Waals surface area contributed by atoms with Crippen molar-refractivity contribution in [2.24, 2.45) is 0 Å². The van der Waals surface area contributed by atoms with Gasteiger partial charge in [0.25, 0.3) is 0 Å². The van der Waals surface area contributed by atoms with Gasteiger partial charge in [-0.05, 0) is 32.4 Å². The van der Waals surface area contributed by atoms with E-state index in [2.05, 4.69) is 12.2 Å². The van der Waals surface area contributed by atoms with Crippen LogP contribution in [0.15, 0.2) is 0 Å². The minimum absolute atomic E-state index is 0.333. The topological polar surface area (TPSA) is 49.3 Å². The van der Waals surface area contributed by atoms with Gasteiger partial charge in [-0.15, -0.1) is 0 Å². The molecule has 0 amide bonds. The van der Waals surface area contributed by atoms with Crippen LogP contribution in [-0.2, 0) is 4.79 Å². The average Bonchev–Trinajstić information content (AvgIpc) is 2.39. The summed E-state index contributed by atoms with van der Waals surface area (Å²) in [6, 6.07) is 0. The van der Waals surface area contributed by atoms with Crippen LogP contribution in [0.25, 0.3) is 0 Å². The molecule has 114 valence electrons. The van der Waals surface area contributed by atoms with Crippen molar-refractivity contribution in [3.05, 3.63) is 0 Å². The van der Waals surface area contributed by atoms with Crippen molar-refractivity contribution >= 4 is 5.97 Å². The Hall–Kier alpha value is -0.570. The summed E-state index contributed by atoms with van der Waals surface area (Å²) in [5, 5.41) is 12.0. The summed E-state index contributed by atoms with van der Waals surface area (Å²) < 4.78 is 0. The first kappa shape index (κ1) is 18.4. The van der Waals surface area contributed by atoms with Crippen LogP contribution in [0.4, 0.5) is 0 Å². The number of aliphatic carboxylic acids is 1. The van der Waals surface area contributed by atoms with Gasteiger partial charge in [-0.25, -0.2) is 0 Å². The molecule has 3 nitrogen and oxygen atoms in total. The van der Waals surface area contributed by atoms with Gasteiger partial charge in [-0.1, -0.05) is 58.3 Å². The number of hydrogen-bond donors (Lipinski definition) is 2. The van der Waals surface area contributed by atoms with Gasteiger partial charge in [0.15, 0.2) is 0 Å². The monoisotopic (exact) mass is 271 g/mol. The zero-order chi connectivity index (χ0) is 14.2. The van der Waals surface area contributed by atoms with Gasteiger partial charge in [-0.3, -0.25) is 4.79 Å². The van der Waals surface area contributed by atoms with Gasteiger partial charge in [0.05, 0.1) is 0 Å². The predicted molar refractivity (Wildman–Crippen MR) is 81.6 cm³/mol. The predicted octanol–water partition coefficient (Wildman–Crippen LogP) is 4.36. The highest BCUT2D eigenvalue weighted by molar-refractivity contribution is 5.66. The molecule has 0 rings (SSSR count). The maximum atomic E-state index is 10.3. The molecule has 0 bridgehead atoms. The van der Waals surface area contributed by atoms with Crippen LogP contribution >= 0.6 is 0 Å². The summed E-state index contributed by atoms with van der Waals surface area (Å²) in [4.78, 5) is 10.3. The van der Waals surface area contributed by atoms with Crippen LogP contribution in [0, 0.1) is 0 Å². The summed E-state index contributed by atoms with van der Waals surface area (Å²) in [7, 11) is 0. The Balaban J connectivity index is 2.93. The molecule has 0 aromatic carbocycles. The molecule has 0 saturated heterocycles. The van der Waals surface area contributed by atoms with Crippen molar-refractivity contribution in [3.63, 3.8) is 0 Å². The third-order valence-corrected chi connectivity index (χ3v) is 3.45. The summed E-state index contributed by atoms with van der Waals surface area (Å²) in [5.74, 6) is -0.664. The highest BCUT2D eigenvalue weighted by atomic mass is 16.4. The van der Waals surface area contributed by atoms with Crippen molar-refractivity contribution in [2.75, 3.05) is 13.1 Å². The van der Waals surface area contributed by atoms with Crippen LogP contribution in [0.1, 0.15) is 84.0 Å². The normalized spacial score (nSPS) is 10.8. The van der Waals surface area contributed by atoms with E-state index in [9.17, 15) is 4.79 Å². The zero-order valence-electron chi connectivity index (χ0n) is 12.8. The fraction of sp³-hybridized carbons (Fsp3) is 0.938. The highest BCUT2D eigenvalue weighted by Crippen LogP contribution is 2.07. The summed E-state index contributed by atoms with van der Waals surface area (Å²) in [6.07, 6.45) is 14.0. The smallest absolute Gasteiger partial charge is 0.303 e. The van der Waals surface area contributed by atoms with E-state index in [0.29, 0.717) is 6.42 Å². The quantitative estimate of drug-likeness (QED) is 0.435. The summed E-state index contributed by atoms with van der Waals surface area (Å²) >= 11 is 0. The Morgan fingerprint density at radius 1 is 0.789 bits per heavy atom. The first-order valence-corrected chi connectivity index (χ1v) is 8.20. The van der Waals surface area contributed by atoms with Gasteiger partial charge < -0.3 is 10.4 Å². The Labute approximate surface area is 119 Å². The molecular weight excluding hydrogens is 238 g/mol. The van der Waals surface area contributed by atoms with Crippen LogP contribution in [0.5, 0.6) is 0 Å². The van der Waals surface area contributed by atoms with E-state index in [1.165, 1.54) is 64.3 Å². The minimum atomic E-state index is -0.664. The Morgan fingerprint density at radius 3 is 1.79 bits per heavy atom. The fourth-order valence-corrected chi connectivity index (χ4v) is 2.21. The molecule has 0 aliphatic rings. The summed E-state index contributed by atoms with van der Waals surface area (Å²) in [6.45, 7) is 4.56. The van der Waals surface area contributed by atoms with Gasteiger partial charge >= 0.3 is 5.97 Å². The van der Waals surface area contributed by atoms with Gasteiger partial charge in [0, 0.05) is 6.42 Å². The molecular formula is C16H33NO2. The van der Waals surface area contributed by atoms with Gasteiger partial charge in [0.2, 0.25) is 0 Å². The van der Waals surface area contributed by atoms with E-state index in [1.807, 2.05) is 0 Å². The van der Waals surface area contributed by atoms with E-state index < -0.39 is 5.97 Å². The number of nitrogens with one attached hydrogen (secondary N) is 1. The number of unbranched alkanes of at least 4 members (excludes halogenated alkanes) is 9. The van der Waals surface area contributed by atoms with E-state index >= 15 is 0 Å². The summed E-state index contributed by atoms with van der Waals surface area (Å²) in [5.41, 5.74) is 0. The lowest BCUT2D eigenvalue weighted by atomic mass is 10.1.